The average Bonchev–Trinajstić information content (AvgIpc) is 2.95. The molecule has 2 heterocycles. The lowest BCUT2D eigenvalue weighted by molar-refractivity contribution is 0.158. The first kappa shape index (κ1) is 15.0. The minimum Gasteiger partial charge on any atom is -0.390 e. The number of aliphatic hydroxyl groups is 1. The molecule has 0 aliphatic carbocycles. The Bertz CT molecular complexity index is 576. The molecule has 2 saturated heterocycles. The Kier molecular flexibility index (Phi) is 4.31. The van der Waals surface area contributed by atoms with Crippen LogP contribution in [0.2, 0.25) is 0 Å². The summed E-state index contributed by atoms with van der Waals surface area (Å²) in [5.41, 5.74) is 1.29. The number of nitrogens with one attached hydrogen (secondary N) is 1. The molecule has 0 radical (unpaired) electrons. The van der Waals surface area contributed by atoms with Crippen molar-refractivity contribution in [3.8, 4) is 0 Å². The van der Waals surface area contributed by atoms with Crippen LogP contribution < -0.4 is 5.32 Å². The normalized spacial score (nSPS) is 32.5. The van der Waals surface area contributed by atoms with Gasteiger partial charge in [0.05, 0.1) is 17.6 Å². The Labute approximate surface area is 125 Å². The van der Waals surface area contributed by atoms with Crippen LogP contribution in [0, 0.1) is 0 Å². The highest BCUT2D eigenvalue weighted by molar-refractivity contribution is 7.91. The van der Waals surface area contributed by atoms with Crippen LogP contribution in [0.25, 0.3) is 0 Å². The van der Waals surface area contributed by atoms with Gasteiger partial charge in [-0.25, -0.2) is 8.42 Å². The molecule has 2 aliphatic heterocycles. The third kappa shape index (κ3) is 3.83. The van der Waals surface area contributed by atoms with Gasteiger partial charge in [-0.1, -0.05) is 30.3 Å². The minimum absolute atomic E-state index is 0.0589. The summed E-state index contributed by atoms with van der Waals surface area (Å²) in [5.74, 6) is -0.0472. The number of hydrogen-bond acceptors (Lipinski definition) is 5. The third-order valence-electron chi connectivity index (χ3n) is 4.29. The molecule has 2 N–H and O–H groups in total. The van der Waals surface area contributed by atoms with E-state index in [-0.39, 0.29) is 23.6 Å². The van der Waals surface area contributed by atoms with Gasteiger partial charge in [-0.15, -0.1) is 0 Å². The molecule has 1 aromatic rings. The van der Waals surface area contributed by atoms with Crippen LogP contribution in [0.4, 0.5) is 0 Å². The minimum atomic E-state index is -3.07. The van der Waals surface area contributed by atoms with Crippen LogP contribution >= 0.6 is 0 Å². The van der Waals surface area contributed by atoms with Crippen molar-refractivity contribution in [3.63, 3.8) is 0 Å². The maximum Gasteiger partial charge on any atom is 0.154 e. The van der Waals surface area contributed by atoms with Crippen molar-refractivity contribution < 1.29 is 13.5 Å². The second-order valence-corrected chi connectivity index (χ2v) is 8.28. The highest BCUT2D eigenvalue weighted by atomic mass is 32.2. The van der Waals surface area contributed by atoms with E-state index in [9.17, 15) is 13.5 Å². The third-order valence-corrected chi connectivity index (χ3v) is 6.01. The molecule has 0 aromatic heterocycles. The summed E-state index contributed by atoms with van der Waals surface area (Å²) in [6.45, 7) is 2.82. The molecule has 1 aromatic carbocycles. The lowest BCUT2D eigenvalue weighted by Crippen LogP contribution is -2.46. The van der Waals surface area contributed by atoms with Gasteiger partial charge in [0.1, 0.15) is 0 Å². The number of hydrogen-bond donors (Lipinski definition) is 2. The lowest BCUT2D eigenvalue weighted by Gasteiger charge is -2.21. The molecule has 5 nitrogen and oxygen atoms in total. The van der Waals surface area contributed by atoms with Crippen LogP contribution in [0.1, 0.15) is 12.0 Å². The van der Waals surface area contributed by atoms with E-state index in [1.165, 1.54) is 5.56 Å². The van der Waals surface area contributed by atoms with Crippen LogP contribution in [0.5, 0.6) is 0 Å². The quantitative estimate of drug-likeness (QED) is 0.820. The fourth-order valence-electron chi connectivity index (χ4n) is 3.24. The zero-order valence-electron chi connectivity index (χ0n) is 12.0. The molecular formula is C15H22N2O3S. The number of aliphatic hydroxyl groups excluding tert-OH is 1. The van der Waals surface area contributed by atoms with Crippen molar-refractivity contribution in [2.24, 2.45) is 0 Å². The van der Waals surface area contributed by atoms with Crippen LogP contribution in [0.15, 0.2) is 30.3 Å². The Morgan fingerprint density at radius 3 is 2.67 bits per heavy atom. The monoisotopic (exact) mass is 310 g/mol. The largest absolute Gasteiger partial charge is 0.390 e. The van der Waals surface area contributed by atoms with Crippen molar-refractivity contribution in [1.82, 2.24) is 10.2 Å². The van der Waals surface area contributed by atoms with Gasteiger partial charge in [-0.2, -0.15) is 0 Å². The first-order valence-electron chi connectivity index (χ1n) is 7.43. The molecule has 3 rings (SSSR count). The van der Waals surface area contributed by atoms with E-state index < -0.39 is 15.9 Å². The molecule has 0 spiro atoms. The summed E-state index contributed by atoms with van der Waals surface area (Å²) in [6, 6.07) is 10.3. The Morgan fingerprint density at radius 1 is 1.24 bits per heavy atom. The number of sulfone groups is 1. The molecule has 0 bridgehead atoms. The van der Waals surface area contributed by atoms with Gasteiger partial charge in [0, 0.05) is 31.7 Å². The molecule has 21 heavy (non-hydrogen) atoms. The Hall–Kier alpha value is -0.950. The van der Waals surface area contributed by atoms with Crippen molar-refractivity contribution in [2.45, 2.75) is 31.2 Å². The summed E-state index contributed by atoms with van der Waals surface area (Å²) in [5, 5.41) is 13.2. The zero-order valence-corrected chi connectivity index (χ0v) is 12.8. The van der Waals surface area contributed by atoms with Gasteiger partial charge in [0.2, 0.25) is 0 Å². The average molecular weight is 310 g/mol. The van der Waals surface area contributed by atoms with Crippen molar-refractivity contribution >= 4 is 9.84 Å². The molecule has 6 heteroatoms. The standard InChI is InChI=1S/C15H22N2O3S/c18-15-11-21(19,20)10-14(15)16-13-6-7-17(9-13)8-12-4-2-1-3-5-12/h1-5,13-16,18H,6-11H2/t13-,14+,15-/m1/s1. The van der Waals surface area contributed by atoms with E-state index in [4.69, 9.17) is 0 Å². The molecule has 2 fully saturated rings. The highest BCUT2D eigenvalue weighted by Crippen LogP contribution is 2.18. The fraction of sp³-hybridized carbons (Fsp3) is 0.600. The van der Waals surface area contributed by atoms with E-state index in [2.05, 4.69) is 22.3 Å². The van der Waals surface area contributed by atoms with E-state index in [1.807, 2.05) is 18.2 Å². The summed E-state index contributed by atoms with van der Waals surface area (Å²) in [7, 11) is -3.07. The van der Waals surface area contributed by atoms with E-state index in [0.29, 0.717) is 0 Å². The van der Waals surface area contributed by atoms with Gasteiger partial charge in [-0.05, 0) is 12.0 Å². The van der Waals surface area contributed by atoms with E-state index >= 15 is 0 Å². The van der Waals surface area contributed by atoms with Gasteiger partial charge < -0.3 is 10.4 Å². The van der Waals surface area contributed by atoms with E-state index in [1.54, 1.807) is 0 Å². The predicted octanol–water partition coefficient (Wildman–Crippen LogP) is 0.00840. The molecule has 116 valence electrons. The smallest absolute Gasteiger partial charge is 0.154 e. The van der Waals surface area contributed by atoms with Gasteiger partial charge in [-0.3, -0.25) is 4.90 Å². The molecular weight excluding hydrogens is 288 g/mol. The predicted molar refractivity (Wildman–Crippen MR) is 81.7 cm³/mol. The summed E-state index contributed by atoms with van der Waals surface area (Å²) in [6.07, 6.45) is 0.231. The van der Waals surface area contributed by atoms with Gasteiger partial charge >= 0.3 is 0 Å². The Morgan fingerprint density at radius 2 is 2.00 bits per heavy atom. The van der Waals surface area contributed by atoms with Crippen LogP contribution in [-0.2, 0) is 16.4 Å². The first-order chi connectivity index (χ1) is 10.0. The van der Waals surface area contributed by atoms with Crippen LogP contribution in [-0.4, -0.2) is 61.2 Å². The van der Waals surface area contributed by atoms with E-state index in [0.717, 1.165) is 26.1 Å². The lowest BCUT2D eigenvalue weighted by atomic mass is 10.1. The number of benzene rings is 1. The van der Waals surface area contributed by atoms with Crippen molar-refractivity contribution in [1.29, 1.82) is 0 Å². The van der Waals surface area contributed by atoms with Gasteiger partial charge in [0.25, 0.3) is 0 Å². The zero-order chi connectivity index (χ0) is 14.9. The van der Waals surface area contributed by atoms with Gasteiger partial charge in [0.15, 0.2) is 9.84 Å². The summed E-state index contributed by atoms with van der Waals surface area (Å²) < 4.78 is 23.0. The van der Waals surface area contributed by atoms with Crippen molar-refractivity contribution in [3.05, 3.63) is 35.9 Å². The highest BCUT2D eigenvalue weighted by Gasteiger charge is 2.38. The van der Waals surface area contributed by atoms with Crippen molar-refractivity contribution in [2.75, 3.05) is 24.6 Å². The Balaban J connectivity index is 1.51. The summed E-state index contributed by atoms with van der Waals surface area (Å²) >= 11 is 0. The number of nitrogens with zero attached hydrogens (tertiary/aromatic N) is 1. The second-order valence-electron chi connectivity index (χ2n) is 6.12. The second kappa shape index (κ2) is 6.04. The number of rotatable bonds is 4. The molecule has 2 aliphatic rings. The topological polar surface area (TPSA) is 69.6 Å². The molecule has 0 unspecified atom stereocenters. The maximum atomic E-state index is 11.5. The first-order valence-corrected chi connectivity index (χ1v) is 9.25. The molecule has 0 amide bonds. The SMILES string of the molecule is O=S1(=O)C[C@@H](O)[C@@H](N[C@@H]2CCN(Cc3ccccc3)C2)C1. The molecule has 0 saturated carbocycles. The molecule has 3 atom stereocenters. The van der Waals surface area contributed by atoms with Crippen LogP contribution in [0.3, 0.4) is 0 Å². The summed E-state index contributed by atoms with van der Waals surface area (Å²) in [4.78, 5) is 2.36. The fourth-order valence-corrected chi connectivity index (χ4v) is 5.00. The maximum absolute atomic E-state index is 11.5. The number of likely N-dealkylation sites (tertiary alicyclic amines) is 1.